The molecule has 0 aliphatic heterocycles. The number of hydrogen-bond acceptors (Lipinski definition) is 5. The van der Waals surface area contributed by atoms with Crippen LogP contribution in [0, 0.1) is 11.8 Å². The van der Waals surface area contributed by atoms with E-state index in [1.165, 1.54) is 36.2 Å². The first kappa shape index (κ1) is 24.0. The van der Waals surface area contributed by atoms with E-state index < -0.39 is 12.0 Å². The fourth-order valence-electron chi connectivity index (χ4n) is 5.70. The molecule has 2 heterocycles. The van der Waals surface area contributed by atoms with Crippen LogP contribution in [0.1, 0.15) is 73.2 Å². The summed E-state index contributed by atoms with van der Waals surface area (Å²) >= 11 is 0. The number of rotatable bonds is 10. The summed E-state index contributed by atoms with van der Waals surface area (Å²) in [7, 11) is 0. The van der Waals surface area contributed by atoms with Gasteiger partial charge in [0, 0.05) is 42.4 Å². The lowest BCUT2D eigenvalue weighted by molar-refractivity contribution is -0.143. The number of carbonyl (C=O) groups is 2. The Morgan fingerprint density at radius 1 is 1.17 bits per heavy atom. The largest absolute Gasteiger partial charge is 0.480 e. The number of ether oxygens (including phenoxy) is 1. The number of carbonyl (C=O) groups excluding carboxylic acids is 1. The van der Waals surface area contributed by atoms with Gasteiger partial charge in [-0.1, -0.05) is 6.07 Å². The van der Waals surface area contributed by atoms with Crippen molar-refractivity contribution in [3.05, 3.63) is 46.5 Å². The summed E-state index contributed by atoms with van der Waals surface area (Å²) in [6.07, 6.45) is 13.4. The Morgan fingerprint density at radius 2 is 2.03 bits per heavy atom. The molecular formula is C27H36N4O4. The third kappa shape index (κ3) is 5.92. The van der Waals surface area contributed by atoms with E-state index in [2.05, 4.69) is 27.6 Å². The molecule has 3 aliphatic rings. The average molecular weight is 481 g/mol. The topological polar surface area (TPSA) is 117 Å². The normalized spacial score (nSPS) is 24.1. The maximum Gasteiger partial charge on any atom is 0.326 e. The number of amides is 1. The van der Waals surface area contributed by atoms with Crippen LogP contribution in [-0.4, -0.2) is 50.9 Å². The van der Waals surface area contributed by atoms with Crippen LogP contribution in [0.3, 0.4) is 0 Å². The number of carboxylic acids is 1. The summed E-state index contributed by atoms with van der Waals surface area (Å²) in [6.45, 7) is 0.344. The molecule has 3 N–H and O–H groups in total. The first-order valence-electron chi connectivity index (χ1n) is 13.2. The van der Waals surface area contributed by atoms with Crippen LogP contribution in [0.25, 0.3) is 0 Å². The molecule has 188 valence electrons. The van der Waals surface area contributed by atoms with Crippen molar-refractivity contribution in [1.29, 1.82) is 0 Å². The summed E-state index contributed by atoms with van der Waals surface area (Å²) in [6, 6.07) is 3.54. The molecule has 8 nitrogen and oxygen atoms in total. The summed E-state index contributed by atoms with van der Waals surface area (Å²) in [5.41, 5.74) is 6.07. The molecule has 1 amide bonds. The summed E-state index contributed by atoms with van der Waals surface area (Å²) < 4.78 is 5.93. The molecule has 0 bridgehead atoms. The molecule has 1 saturated carbocycles. The molecule has 8 heteroatoms. The van der Waals surface area contributed by atoms with Crippen LogP contribution in [0.2, 0.25) is 0 Å². The summed E-state index contributed by atoms with van der Waals surface area (Å²) in [5, 5.41) is 19.3. The lowest BCUT2D eigenvalue weighted by Crippen LogP contribution is -2.45. The van der Waals surface area contributed by atoms with E-state index >= 15 is 0 Å². The molecule has 0 spiro atoms. The highest BCUT2D eigenvalue weighted by molar-refractivity contribution is 5.85. The molecule has 0 aromatic carbocycles. The van der Waals surface area contributed by atoms with Crippen molar-refractivity contribution in [1.82, 2.24) is 20.5 Å². The van der Waals surface area contributed by atoms with Crippen LogP contribution in [-0.2, 0) is 46.4 Å². The number of aromatic nitrogens is 3. The van der Waals surface area contributed by atoms with E-state index in [1.54, 1.807) is 6.20 Å². The van der Waals surface area contributed by atoms with Crippen molar-refractivity contribution in [3.8, 4) is 0 Å². The van der Waals surface area contributed by atoms with Crippen LogP contribution in [0.5, 0.6) is 0 Å². The minimum atomic E-state index is -1.01. The van der Waals surface area contributed by atoms with Gasteiger partial charge in [-0.05, 0) is 87.3 Å². The Labute approximate surface area is 206 Å². The number of nitrogens with zero attached hydrogens (tertiary/aromatic N) is 2. The zero-order valence-electron chi connectivity index (χ0n) is 20.3. The number of nitrogens with one attached hydrogen (secondary N) is 2. The first-order chi connectivity index (χ1) is 17.0. The fraction of sp³-hybridized carbons (Fsp3) is 0.630. The Kier molecular flexibility index (Phi) is 7.46. The number of carboxylic acid groups (broad SMARTS) is 1. The molecule has 2 aromatic heterocycles. The number of aromatic amines is 1. The van der Waals surface area contributed by atoms with Crippen LogP contribution < -0.4 is 5.32 Å². The number of aliphatic carboxylic acids is 1. The molecule has 1 fully saturated rings. The van der Waals surface area contributed by atoms with Crippen molar-refractivity contribution in [2.75, 3.05) is 6.61 Å². The van der Waals surface area contributed by atoms with Crippen LogP contribution in [0.15, 0.2) is 18.3 Å². The molecule has 3 aliphatic carbocycles. The Bertz CT molecular complexity index is 1050. The summed E-state index contributed by atoms with van der Waals surface area (Å²) in [5.74, 6) is -0.782. The van der Waals surface area contributed by atoms with Crippen LogP contribution >= 0.6 is 0 Å². The predicted octanol–water partition coefficient (Wildman–Crippen LogP) is 3.18. The van der Waals surface area contributed by atoms with Crippen molar-refractivity contribution in [2.45, 2.75) is 89.2 Å². The Morgan fingerprint density at radius 3 is 2.89 bits per heavy atom. The SMILES string of the molecule is O=C(NC(CCOC1CC(CCc2ccc3c(n2)CCCC3)C1)C(=O)O)C1CCc2cn[nH]c2C1. The van der Waals surface area contributed by atoms with Gasteiger partial charge in [0.05, 0.1) is 12.3 Å². The van der Waals surface area contributed by atoms with Gasteiger partial charge in [0.15, 0.2) is 0 Å². The molecule has 2 unspecified atom stereocenters. The van der Waals surface area contributed by atoms with Gasteiger partial charge in [0.25, 0.3) is 0 Å². The highest BCUT2D eigenvalue weighted by Crippen LogP contribution is 2.34. The number of H-pyrrole nitrogens is 1. The van der Waals surface area contributed by atoms with Crippen molar-refractivity contribution in [2.24, 2.45) is 11.8 Å². The predicted molar refractivity (Wildman–Crippen MR) is 130 cm³/mol. The van der Waals surface area contributed by atoms with Crippen molar-refractivity contribution >= 4 is 11.9 Å². The van der Waals surface area contributed by atoms with E-state index in [4.69, 9.17) is 9.72 Å². The number of fused-ring (bicyclic) bond motifs is 2. The number of hydrogen-bond donors (Lipinski definition) is 3. The highest BCUT2D eigenvalue weighted by atomic mass is 16.5. The lowest BCUT2D eigenvalue weighted by atomic mass is 9.79. The number of aryl methyl sites for hydroxylation is 4. The van der Waals surface area contributed by atoms with Crippen molar-refractivity contribution < 1.29 is 19.4 Å². The van der Waals surface area contributed by atoms with Gasteiger partial charge in [-0.2, -0.15) is 5.10 Å². The van der Waals surface area contributed by atoms with Gasteiger partial charge in [-0.15, -0.1) is 0 Å². The minimum absolute atomic E-state index is 0.193. The van der Waals surface area contributed by atoms with Gasteiger partial charge in [0.1, 0.15) is 6.04 Å². The second-order valence-electron chi connectivity index (χ2n) is 10.5. The maximum absolute atomic E-state index is 12.7. The van der Waals surface area contributed by atoms with E-state index in [0.29, 0.717) is 25.4 Å². The van der Waals surface area contributed by atoms with E-state index in [1.807, 2.05) is 0 Å². The van der Waals surface area contributed by atoms with E-state index in [0.717, 1.165) is 49.8 Å². The molecular weight excluding hydrogens is 444 g/mol. The molecule has 0 radical (unpaired) electrons. The Balaban J connectivity index is 0.993. The molecule has 0 saturated heterocycles. The maximum atomic E-state index is 12.7. The first-order valence-corrected chi connectivity index (χ1v) is 13.2. The third-order valence-electron chi connectivity index (χ3n) is 8.00. The second kappa shape index (κ2) is 10.9. The zero-order valence-corrected chi connectivity index (χ0v) is 20.3. The summed E-state index contributed by atoms with van der Waals surface area (Å²) in [4.78, 5) is 29.3. The second-order valence-corrected chi connectivity index (χ2v) is 10.5. The average Bonchev–Trinajstić information content (AvgIpc) is 3.31. The quantitative estimate of drug-likeness (QED) is 0.481. The number of pyridine rings is 1. The van der Waals surface area contributed by atoms with E-state index in [9.17, 15) is 14.7 Å². The molecule has 2 aromatic rings. The minimum Gasteiger partial charge on any atom is -0.480 e. The molecule has 2 atom stereocenters. The smallest absolute Gasteiger partial charge is 0.326 e. The van der Waals surface area contributed by atoms with Crippen LogP contribution in [0.4, 0.5) is 0 Å². The third-order valence-corrected chi connectivity index (χ3v) is 8.00. The highest BCUT2D eigenvalue weighted by Gasteiger charge is 2.32. The zero-order chi connectivity index (χ0) is 24.2. The van der Waals surface area contributed by atoms with Gasteiger partial charge in [-0.3, -0.25) is 14.9 Å². The van der Waals surface area contributed by atoms with E-state index in [-0.39, 0.29) is 24.3 Å². The van der Waals surface area contributed by atoms with Gasteiger partial charge in [-0.25, -0.2) is 4.79 Å². The standard InChI is InChI=1S/C27H36N4O4/c32-26(19-6-7-20-16-28-31-25(20)15-19)30-24(27(33)34)11-12-35-22-13-17(14-22)5-9-21-10-8-18-3-1-2-4-23(18)29-21/h8,10,16-17,19,22,24H,1-7,9,11-15H2,(H,28,31)(H,30,32)(H,33,34). The molecule has 35 heavy (non-hydrogen) atoms. The monoisotopic (exact) mass is 480 g/mol. The fourth-order valence-corrected chi connectivity index (χ4v) is 5.70. The van der Waals surface area contributed by atoms with Gasteiger partial charge in [0.2, 0.25) is 5.91 Å². The van der Waals surface area contributed by atoms with Crippen molar-refractivity contribution in [3.63, 3.8) is 0 Å². The van der Waals surface area contributed by atoms with Gasteiger partial charge >= 0.3 is 5.97 Å². The van der Waals surface area contributed by atoms with Gasteiger partial charge < -0.3 is 15.2 Å². The lowest BCUT2D eigenvalue weighted by Gasteiger charge is -2.35. The molecule has 5 rings (SSSR count). The Hall–Kier alpha value is -2.74.